The van der Waals surface area contributed by atoms with Crippen LogP contribution in [0.15, 0.2) is 65.6 Å². The average Bonchev–Trinajstić information content (AvgIpc) is 3.64. The topological polar surface area (TPSA) is 105 Å². The summed E-state index contributed by atoms with van der Waals surface area (Å²) in [4.78, 5) is 13.6. The van der Waals surface area contributed by atoms with Gasteiger partial charge in [-0.3, -0.25) is 4.79 Å². The molecule has 1 aliphatic carbocycles. The van der Waals surface area contributed by atoms with Crippen LogP contribution in [0.25, 0.3) is 11.1 Å². The van der Waals surface area contributed by atoms with Gasteiger partial charge in [-0.05, 0) is 91.3 Å². The molecule has 39 heavy (non-hydrogen) atoms. The van der Waals surface area contributed by atoms with E-state index in [9.17, 15) is 18.3 Å². The fourth-order valence-electron chi connectivity index (χ4n) is 5.64. The summed E-state index contributed by atoms with van der Waals surface area (Å²) >= 11 is 0. The fourth-order valence-corrected chi connectivity index (χ4v) is 7.33. The average molecular weight is 551 g/mol. The molecule has 9 heteroatoms. The number of carbonyl (C=O) groups excluding carboxylic acids is 1. The van der Waals surface area contributed by atoms with Gasteiger partial charge in [-0.2, -0.15) is 4.31 Å². The van der Waals surface area contributed by atoms with E-state index in [-0.39, 0.29) is 31.7 Å². The third-order valence-corrected chi connectivity index (χ3v) is 10.1. The molecule has 6 rings (SSSR count). The molecular weight excluding hydrogens is 516 g/mol. The molecule has 2 fully saturated rings. The van der Waals surface area contributed by atoms with Crippen molar-refractivity contribution >= 4 is 21.6 Å². The van der Waals surface area contributed by atoms with E-state index >= 15 is 0 Å². The SMILES string of the molecule is Cc1ccc(NC(=O)C2(c3ccc4c(c3)OCO4)CC2)cc1-c1ccc(S(=O)(=O)N2CCCCC2CO)cc1.[HH]. The van der Waals surface area contributed by atoms with Gasteiger partial charge in [-0.25, -0.2) is 8.42 Å². The van der Waals surface area contributed by atoms with Gasteiger partial charge in [0.05, 0.1) is 16.9 Å². The minimum atomic E-state index is -3.70. The van der Waals surface area contributed by atoms with Crippen LogP contribution in [-0.4, -0.2) is 49.7 Å². The Kier molecular flexibility index (Phi) is 6.61. The van der Waals surface area contributed by atoms with Crippen molar-refractivity contribution in [2.75, 3.05) is 25.3 Å². The second-order valence-corrected chi connectivity index (χ2v) is 12.5. The van der Waals surface area contributed by atoms with Gasteiger partial charge in [0, 0.05) is 19.7 Å². The van der Waals surface area contributed by atoms with E-state index in [0.29, 0.717) is 30.2 Å². The lowest BCUT2D eigenvalue weighted by Crippen LogP contribution is -2.45. The Morgan fingerprint density at radius 1 is 1.05 bits per heavy atom. The second-order valence-electron chi connectivity index (χ2n) is 10.6. The number of rotatable bonds is 7. The summed E-state index contributed by atoms with van der Waals surface area (Å²) in [6.45, 7) is 2.42. The number of hydrogen-bond donors (Lipinski definition) is 2. The number of fused-ring (bicyclic) bond motifs is 1. The first-order chi connectivity index (χ1) is 18.8. The largest absolute Gasteiger partial charge is 0.454 e. The van der Waals surface area contributed by atoms with Crippen molar-refractivity contribution < 1.29 is 29.2 Å². The Balaban J connectivity index is 0.00000323. The minimum absolute atomic E-state index is 0. The Hall–Kier alpha value is -3.40. The van der Waals surface area contributed by atoms with E-state index in [4.69, 9.17) is 9.47 Å². The van der Waals surface area contributed by atoms with Crippen molar-refractivity contribution in [1.29, 1.82) is 0 Å². The Labute approximate surface area is 230 Å². The van der Waals surface area contributed by atoms with Crippen molar-refractivity contribution in [3.8, 4) is 22.6 Å². The molecule has 2 aliphatic heterocycles. The maximum atomic E-state index is 13.4. The number of benzene rings is 3. The summed E-state index contributed by atoms with van der Waals surface area (Å²) in [6, 6.07) is 17.9. The fraction of sp³-hybridized carbons (Fsp3) is 0.367. The number of aliphatic hydroxyl groups excluding tert-OH is 1. The number of aliphatic hydroxyl groups is 1. The molecule has 8 nitrogen and oxygen atoms in total. The van der Waals surface area contributed by atoms with Crippen LogP contribution >= 0.6 is 0 Å². The van der Waals surface area contributed by atoms with Crippen LogP contribution in [0, 0.1) is 6.92 Å². The normalized spacial score (nSPS) is 20.0. The van der Waals surface area contributed by atoms with E-state index in [1.165, 1.54) is 4.31 Å². The van der Waals surface area contributed by atoms with Crippen molar-refractivity contribution in [2.45, 2.75) is 55.4 Å². The number of ether oxygens (including phenoxy) is 2. The standard InChI is InChI=1S/C30H32N2O6S.H2/c1-20-5-9-23(31-29(34)30(13-14-30)22-8-12-27-28(16-22)38-19-37-27)17-26(20)21-6-10-25(11-7-21)39(35,36)32-15-3-2-4-24(32)18-33;/h5-12,16-17,24,33H,2-4,13-15,18-19H2,1H3,(H,31,34);1H. The lowest BCUT2D eigenvalue weighted by Gasteiger charge is -2.33. The molecular formula is C30H34N2O6S. The van der Waals surface area contributed by atoms with Gasteiger partial charge >= 0.3 is 0 Å². The van der Waals surface area contributed by atoms with Crippen molar-refractivity contribution in [3.63, 3.8) is 0 Å². The summed E-state index contributed by atoms with van der Waals surface area (Å²) in [7, 11) is -3.70. The van der Waals surface area contributed by atoms with Gasteiger partial charge in [0.15, 0.2) is 11.5 Å². The van der Waals surface area contributed by atoms with E-state index in [1.54, 1.807) is 24.3 Å². The zero-order chi connectivity index (χ0) is 27.2. The van der Waals surface area contributed by atoms with Gasteiger partial charge in [0.2, 0.25) is 22.7 Å². The van der Waals surface area contributed by atoms with Crippen molar-refractivity contribution in [1.82, 2.24) is 4.31 Å². The second kappa shape index (κ2) is 9.97. The van der Waals surface area contributed by atoms with E-state index in [2.05, 4.69) is 5.32 Å². The molecule has 2 heterocycles. The number of amides is 1. The highest BCUT2D eigenvalue weighted by Crippen LogP contribution is 2.51. The molecule has 3 aromatic carbocycles. The minimum Gasteiger partial charge on any atom is -0.454 e. The molecule has 0 bridgehead atoms. The number of nitrogens with one attached hydrogen (secondary N) is 1. The molecule has 0 spiro atoms. The van der Waals surface area contributed by atoms with Crippen LogP contribution in [0.4, 0.5) is 5.69 Å². The highest BCUT2D eigenvalue weighted by Gasteiger charge is 2.51. The molecule has 1 atom stereocenters. The predicted molar refractivity (Wildman–Crippen MR) is 149 cm³/mol. The molecule has 1 amide bonds. The van der Waals surface area contributed by atoms with Crippen molar-refractivity contribution in [3.05, 3.63) is 71.8 Å². The number of aryl methyl sites for hydroxylation is 1. The molecule has 0 aromatic heterocycles. The lowest BCUT2D eigenvalue weighted by atomic mass is 9.94. The van der Waals surface area contributed by atoms with E-state index in [1.807, 2.05) is 43.3 Å². The number of sulfonamides is 1. The summed E-state index contributed by atoms with van der Waals surface area (Å²) in [5, 5.41) is 12.8. The first-order valence-corrected chi connectivity index (χ1v) is 14.8. The molecule has 1 saturated heterocycles. The van der Waals surface area contributed by atoms with Crippen LogP contribution < -0.4 is 14.8 Å². The van der Waals surface area contributed by atoms with Crippen LogP contribution in [0.1, 0.15) is 44.7 Å². The predicted octanol–water partition coefficient (Wildman–Crippen LogP) is 4.84. The summed E-state index contributed by atoms with van der Waals surface area (Å²) in [5.74, 6) is 1.31. The van der Waals surface area contributed by atoms with Crippen LogP contribution in [0.2, 0.25) is 0 Å². The molecule has 0 radical (unpaired) electrons. The van der Waals surface area contributed by atoms with Gasteiger partial charge in [-0.1, -0.05) is 30.7 Å². The van der Waals surface area contributed by atoms with Crippen LogP contribution in [-0.2, 0) is 20.2 Å². The van der Waals surface area contributed by atoms with Gasteiger partial charge in [0.25, 0.3) is 0 Å². The summed E-state index contributed by atoms with van der Waals surface area (Å²) in [6.07, 6.45) is 3.91. The first kappa shape index (κ1) is 25.9. The first-order valence-electron chi connectivity index (χ1n) is 13.4. The Bertz CT molecular complexity index is 1520. The Morgan fingerprint density at radius 3 is 2.56 bits per heavy atom. The summed E-state index contributed by atoms with van der Waals surface area (Å²) in [5.41, 5.74) is 3.81. The highest BCUT2D eigenvalue weighted by atomic mass is 32.2. The molecule has 1 saturated carbocycles. The molecule has 2 N–H and O–H groups in total. The van der Waals surface area contributed by atoms with Gasteiger partial charge in [0.1, 0.15) is 0 Å². The third-order valence-electron chi connectivity index (χ3n) is 8.16. The van der Waals surface area contributed by atoms with E-state index < -0.39 is 15.4 Å². The maximum Gasteiger partial charge on any atom is 0.243 e. The monoisotopic (exact) mass is 550 g/mol. The highest BCUT2D eigenvalue weighted by molar-refractivity contribution is 7.89. The smallest absolute Gasteiger partial charge is 0.243 e. The number of nitrogens with zero attached hydrogens (tertiary/aromatic N) is 1. The number of piperidine rings is 1. The van der Waals surface area contributed by atoms with Crippen LogP contribution in [0.3, 0.4) is 0 Å². The number of carbonyl (C=O) groups is 1. The van der Waals surface area contributed by atoms with E-state index in [0.717, 1.165) is 47.9 Å². The summed E-state index contributed by atoms with van der Waals surface area (Å²) < 4.78 is 38.9. The molecule has 3 aromatic rings. The third kappa shape index (κ3) is 4.68. The maximum absolute atomic E-state index is 13.4. The van der Waals surface area contributed by atoms with Crippen LogP contribution in [0.5, 0.6) is 11.5 Å². The Morgan fingerprint density at radius 2 is 1.82 bits per heavy atom. The zero-order valence-corrected chi connectivity index (χ0v) is 22.7. The number of anilines is 1. The molecule has 1 unspecified atom stereocenters. The molecule has 3 aliphatic rings. The lowest BCUT2D eigenvalue weighted by molar-refractivity contribution is -0.118. The number of hydrogen-bond acceptors (Lipinski definition) is 6. The van der Waals surface area contributed by atoms with Gasteiger partial charge in [-0.15, -0.1) is 0 Å². The van der Waals surface area contributed by atoms with Gasteiger partial charge < -0.3 is 19.9 Å². The zero-order valence-electron chi connectivity index (χ0n) is 21.9. The molecule has 206 valence electrons. The van der Waals surface area contributed by atoms with Crippen molar-refractivity contribution in [2.24, 2.45) is 0 Å². The quantitative estimate of drug-likeness (QED) is 0.436.